The Bertz CT molecular complexity index is 1150. The van der Waals surface area contributed by atoms with Crippen molar-refractivity contribution in [3.8, 4) is 17.0 Å². The number of hydrogen-bond donors (Lipinski definition) is 3. The van der Waals surface area contributed by atoms with Crippen molar-refractivity contribution in [3.05, 3.63) is 78.0 Å². The minimum Gasteiger partial charge on any atom is -0.497 e. The lowest BCUT2D eigenvalue weighted by molar-refractivity contribution is 0.0706. The second-order valence-corrected chi connectivity index (χ2v) is 6.35. The molecule has 146 valence electrons. The summed E-state index contributed by atoms with van der Waals surface area (Å²) in [6, 6.07) is 18.5. The van der Waals surface area contributed by atoms with Crippen molar-refractivity contribution in [2.24, 2.45) is 0 Å². The van der Waals surface area contributed by atoms with Crippen LogP contribution in [0.4, 0.5) is 5.82 Å². The van der Waals surface area contributed by atoms with E-state index in [2.05, 4.69) is 15.4 Å². The van der Waals surface area contributed by atoms with Crippen LogP contribution < -0.4 is 15.5 Å². The summed E-state index contributed by atoms with van der Waals surface area (Å²) >= 11 is 0. The first kappa shape index (κ1) is 18.5. The molecule has 1 amide bonds. The molecule has 0 atom stereocenters. The Balaban J connectivity index is 1.60. The van der Waals surface area contributed by atoms with Gasteiger partial charge in [0.15, 0.2) is 5.65 Å². The molecule has 0 unspecified atom stereocenters. The molecule has 0 saturated carbocycles. The quantitative estimate of drug-likeness (QED) is 0.346. The Morgan fingerprint density at radius 2 is 1.97 bits per heavy atom. The van der Waals surface area contributed by atoms with Crippen LogP contribution in [-0.4, -0.2) is 32.8 Å². The number of anilines is 1. The summed E-state index contributed by atoms with van der Waals surface area (Å²) in [5, 5.41) is 16.4. The van der Waals surface area contributed by atoms with E-state index in [1.165, 1.54) is 0 Å². The molecule has 2 heterocycles. The van der Waals surface area contributed by atoms with E-state index >= 15 is 0 Å². The van der Waals surface area contributed by atoms with E-state index in [1.807, 2.05) is 48.5 Å². The van der Waals surface area contributed by atoms with Gasteiger partial charge >= 0.3 is 0 Å². The minimum atomic E-state index is -0.541. The van der Waals surface area contributed by atoms with Gasteiger partial charge in [0.1, 0.15) is 11.6 Å². The van der Waals surface area contributed by atoms with Gasteiger partial charge in [-0.2, -0.15) is 5.10 Å². The van der Waals surface area contributed by atoms with E-state index in [0.717, 1.165) is 28.2 Å². The molecule has 0 radical (unpaired) electrons. The second-order valence-electron chi connectivity index (χ2n) is 6.35. The highest BCUT2D eigenvalue weighted by Gasteiger charge is 2.10. The second kappa shape index (κ2) is 7.99. The number of carbonyl (C=O) groups is 1. The van der Waals surface area contributed by atoms with E-state index in [-0.39, 0.29) is 0 Å². The Hall–Kier alpha value is -3.91. The van der Waals surface area contributed by atoms with Gasteiger partial charge in [-0.15, -0.1) is 0 Å². The van der Waals surface area contributed by atoms with E-state index in [9.17, 15) is 4.79 Å². The zero-order valence-corrected chi connectivity index (χ0v) is 15.7. The van der Waals surface area contributed by atoms with Crippen LogP contribution in [0.1, 0.15) is 15.9 Å². The number of rotatable bonds is 6. The molecule has 8 nitrogen and oxygen atoms in total. The third kappa shape index (κ3) is 3.87. The number of amides is 1. The normalized spacial score (nSPS) is 10.7. The summed E-state index contributed by atoms with van der Waals surface area (Å²) in [4.78, 5) is 16.0. The summed E-state index contributed by atoms with van der Waals surface area (Å²) in [6.45, 7) is 0.524. The number of carbonyl (C=O) groups excluding carboxylic acids is 1. The molecule has 0 fully saturated rings. The number of hydrogen-bond acceptors (Lipinski definition) is 6. The van der Waals surface area contributed by atoms with Crippen molar-refractivity contribution in [1.29, 1.82) is 0 Å². The summed E-state index contributed by atoms with van der Waals surface area (Å²) < 4.78 is 7.11. The first-order chi connectivity index (χ1) is 14.2. The summed E-state index contributed by atoms with van der Waals surface area (Å²) in [7, 11) is 1.64. The standard InChI is InChI=1S/C21H19N5O3/c1-29-17-4-2-3-16(11-17)18-12-19(24-20-9-10-23-26(18)20)22-13-14-5-7-15(8-6-14)21(27)25-28/h2-12,28H,13H2,1H3,(H,22,24)(H,25,27). The monoisotopic (exact) mass is 389 g/mol. The van der Waals surface area contributed by atoms with Crippen LogP contribution in [0.15, 0.2) is 66.9 Å². The maximum atomic E-state index is 11.4. The molecule has 8 heteroatoms. The lowest BCUT2D eigenvalue weighted by Gasteiger charge is -2.11. The average Bonchev–Trinajstić information content (AvgIpc) is 3.25. The molecule has 4 rings (SSSR count). The molecule has 0 spiro atoms. The largest absolute Gasteiger partial charge is 0.497 e. The van der Waals surface area contributed by atoms with Gasteiger partial charge in [-0.3, -0.25) is 10.0 Å². The van der Waals surface area contributed by atoms with Crippen LogP contribution >= 0.6 is 0 Å². The van der Waals surface area contributed by atoms with Gasteiger partial charge in [0.25, 0.3) is 5.91 Å². The fourth-order valence-electron chi connectivity index (χ4n) is 3.02. The first-order valence-corrected chi connectivity index (χ1v) is 8.94. The van der Waals surface area contributed by atoms with Crippen molar-refractivity contribution in [3.63, 3.8) is 0 Å². The Morgan fingerprint density at radius 3 is 2.72 bits per heavy atom. The number of methoxy groups -OCH3 is 1. The van der Waals surface area contributed by atoms with Crippen LogP contribution in [0, 0.1) is 0 Å². The van der Waals surface area contributed by atoms with Gasteiger partial charge in [-0.25, -0.2) is 15.0 Å². The predicted octanol–water partition coefficient (Wildman–Crippen LogP) is 3.14. The summed E-state index contributed by atoms with van der Waals surface area (Å²) in [5.74, 6) is 0.925. The van der Waals surface area contributed by atoms with Gasteiger partial charge in [-0.05, 0) is 29.8 Å². The number of fused-ring (bicyclic) bond motifs is 1. The Morgan fingerprint density at radius 1 is 1.14 bits per heavy atom. The number of benzene rings is 2. The molecule has 4 aromatic rings. The third-order valence-corrected chi connectivity index (χ3v) is 4.52. The van der Waals surface area contributed by atoms with Crippen molar-refractivity contribution < 1.29 is 14.7 Å². The van der Waals surface area contributed by atoms with Gasteiger partial charge in [-0.1, -0.05) is 24.3 Å². The molecular weight excluding hydrogens is 370 g/mol. The van der Waals surface area contributed by atoms with Gasteiger partial charge in [0.2, 0.25) is 0 Å². The smallest absolute Gasteiger partial charge is 0.274 e. The molecule has 0 aliphatic heterocycles. The lowest BCUT2D eigenvalue weighted by Crippen LogP contribution is -2.18. The molecule has 0 bridgehead atoms. The van der Waals surface area contributed by atoms with E-state index in [1.54, 1.807) is 35.4 Å². The number of hydroxylamine groups is 1. The van der Waals surface area contributed by atoms with Crippen LogP contribution in [0.3, 0.4) is 0 Å². The Labute approximate surface area is 166 Å². The zero-order chi connectivity index (χ0) is 20.2. The summed E-state index contributed by atoms with van der Waals surface area (Å²) in [6.07, 6.45) is 1.71. The van der Waals surface area contributed by atoms with Crippen molar-refractivity contribution >= 4 is 17.4 Å². The van der Waals surface area contributed by atoms with Crippen LogP contribution in [0.2, 0.25) is 0 Å². The van der Waals surface area contributed by atoms with Gasteiger partial charge < -0.3 is 10.1 Å². The van der Waals surface area contributed by atoms with E-state index in [0.29, 0.717) is 17.9 Å². The number of ether oxygens (including phenoxy) is 1. The molecular formula is C21H19N5O3. The van der Waals surface area contributed by atoms with E-state index < -0.39 is 5.91 Å². The molecule has 0 aliphatic rings. The van der Waals surface area contributed by atoms with Gasteiger partial charge in [0.05, 0.1) is 19.0 Å². The molecule has 29 heavy (non-hydrogen) atoms. The molecule has 0 aliphatic carbocycles. The number of nitrogens with one attached hydrogen (secondary N) is 2. The van der Waals surface area contributed by atoms with E-state index in [4.69, 9.17) is 9.94 Å². The van der Waals surface area contributed by atoms with Gasteiger partial charge in [0, 0.05) is 29.8 Å². The average molecular weight is 389 g/mol. The fourth-order valence-corrected chi connectivity index (χ4v) is 3.02. The highest BCUT2D eigenvalue weighted by molar-refractivity contribution is 5.93. The molecule has 0 saturated heterocycles. The third-order valence-electron chi connectivity index (χ3n) is 4.52. The molecule has 3 N–H and O–H groups in total. The SMILES string of the molecule is COc1cccc(-c2cc(NCc3ccc(C(=O)NO)cc3)nc3ccnn23)c1. The maximum Gasteiger partial charge on any atom is 0.274 e. The van der Waals surface area contributed by atoms with Crippen LogP contribution in [0.25, 0.3) is 16.9 Å². The predicted molar refractivity (Wildman–Crippen MR) is 108 cm³/mol. The molecule has 2 aromatic heterocycles. The molecule has 2 aromatic carbocycles. The van der Waals surface area contributed by atoms with Crippen molar-refractivity contribution in [1.82, 2.24) is 20.1 Å². The minimum absolute atomic E-state index is 0.385. The van der Waals surface area contributed by atoms with Crippen molar-refractivity contribution in [2.45, 2.75) is 6.54 Å². The zero-order valence-electron chi connectivity index (χ0n) is 15.7. The lowest BCUT2D eigenvalue weighted by atomic mass is 10.1. The first-order valence-electron chi connectivity index (χ1n) is 8.94. The van der Waals surface area contributed by atoms with Crippen LogP contribution in [0.5, 0.6) is 5.75 Å². The topological polar surface area (TPSA) is 101 Å². The fraction of sp³-hybridized carbons (Fsp3) is 0.0952. The van der Waals surface area contributed by atoms with Crippen LogP contribution in [-0.2, 0) is 6.54 Å². The highest BCUT2D eigenvalue weighted by Crippen LogP contribution is 2.26. The summed E-state index contributed by atoms with van der Waals surface area (Å²) in [5.41, 5.74) is 5.55. The highest BCUT2D eigenvalue weighted by atomic mass is 16.5. The number of aromatic nitrogens is 3. The Kier molecular flexibility index (Phi) is 5.08. The van der Waals surface area contributed by atoms with Crippen molar-refractivity contribution in [2.75, 3.05) is 12.4 Å². The number of nitrogens with zero attached hydrogens (tertiary/aromatic N) is 3. The maximum absolute atomic E-state index is 11.4.